The van der Waals surface area contributed by atoms with E-state index >= 15 is 0 Å². The molecule has 130 valence electrons. The van der Waals surface area contributed by atoms with E-state index in [9.17, 15) is 4.79 Å². The van der Waals surface area contributed by atoms with Crippen molar-refractivity contribution in [2.45, 2.75) is 6.92 Å². The predicted octanol–water partition coefficient (Wildman–Crippen LogP) is 4.67. The van der Waals surface area contributed by atoms with Crippen LogP contribution in [0.3, 0.4) is 0 Å². The minimum atomic E-state index is 0.579. The first kappa shape index (κ1) is 15.5. The first-order valence-corrected chi connectivity index (χ1v) is 8.70. The molecule has 0 radical (unpaired) electrons. The maximum Gasteiger partial charge on any atom is 0.153 e. The summed E-state index contributed by atoms with van der Waals surface area (Å²) in [6, 6.07) is 14.4. The number of pyridine rings is 2. The summed E-state index contributed by atoms with van der Waals surface area (Å²) in [5.74, 6) is 0. The SMILES string of the molecule is Cc1ccccc1-c1cnc2[nH]cc(-c3ccn4ncc(C=O)c4c3)c2c1. The Balaban J connectivity index is 1.71. The molecule has 0 bridgehead atoms. The van der Waals surface area contributed by atoms with Gasteiger partial charge in [-0.15, -0.1) is 0 Å². The lowest BCUT2D eigenvalue weighted by Gasteiger charge is -2.06. The summed E-state index contributed by atoms with van der Waals surface area (Å²) in [5.41, 5.74) is 7.75. The molecular weight excluding hydrogens is 336 g/mol. The first-order chi connectivity index (χ1) is 13.2. The maximum atomic E-state index is 11.3. The molecule has 0 aliphatic carbocycles. The quantitative estimate of drug-likeness (QED) is 0.480. The second-order valence-electron chi connectivity index (χ2n) is 6.60. The van der Waals surface area contributed by atoms with Crippen LogP contribution in [0.25, 0.3) is 38.8 Å². The van der Waals surface area contributed by atoms with Crippen molar-refractivity contribution in [2.75, 3.05) is 0 Å². The molecule has 5 rings (SSSR count). The van der Waals surface area contributed by atoms with E-state index in [1.54, 1.807) is 10.7 Å². The number of nitrogens with zero attached hydrogens (tertiary/aromatic N) is 3. The second kappa shape index (κ2) is 5.92. The molecule has 5 aromatic rings. The van der Waals surface area contributed by atoms with Crippen LogP contribution in [0.5, 0.6) is 0 Å². The van der Waals surface area contributed by atoms with Gasteiger partial charge in [0.05, 0.1) is 17.3 Å². The molecule has 1 aromatic carbocycles. The third kappa shape index (κ3) is 2.44. The minimum Gasteiger partial charge on any atom is -0.346 e. The molecule has 5 heteroatoms. The fourth-order valence-electron chi connectivity index (χ4n) is 3.54. The highest BCUT2D eigenvalue weighted by Gasteiger charge is 2.12. The zero-order valence-electron chi connectivity index (χ0n) is 14.7. The molecule has 1 N–H and O–H groups in total. The highest BCUT2D eigenvalue weighted by molar-refractivity contribution is 5.97. The van der Waals surface area contributed by atoms with E-state index in [1.807, 2.05) is 42.9 Å². The number of hydrogen-bond donors (Lipinski definition) is 1. The summed E-state index contributed by atoms with van der Waals surface area (Å²) >= 11 is 0. The number of carbonyl (C=O) groups is 1. The van der Waals surface area contributed by atoms with Crippen LogP contribution in [0, 0.1) is 6.92 Å². The standard InChI is InChI=1S/C22H16N4O/c1-14-4-2-3-5-18(14)16-8-19-20(12-24-22(19)23-10-16)15-6-7-26-21(9-15)17(13-27)11-25-26/h2-13H,1H3,(H,23,24). The predicted molar refractivity (Wildman–Crippen MR) is 106 cm³/mol. The van der Waals surface area contributed by atoms with Gasteiger partial charge >= 0.3 is 0 Å². The number of nitrogens with one attached hydrogen (secondary N) is 1. The molecule has 0 atom stereocenters. The molecule has 0 unspecified atom stereocenters. The van der Waals surface area contributed by atoms with Crippen LogP contribution in [-0.4, -0.2) is 25.9 Å². The molecule has 0 amide bonds. The highest BCUT2D eigenvalue weighted by atomic mass is 16.1. The Kier molecular flexibility index (Phi) is 3.40. The van der Waals surface area contributed by atoms with Gasteiger partial charge in [-0.25, -0.2) is 9.50 Å². The summed E-state index contributed by atoms with van der Waals surface area (Å²) < 4.78 is 1.71. The van der Waals surface area contributed by atoms with Crippen molar-refractivity contribution in [1.29, 1.82) is 0 Å². The van der Waals surface area contributed by atoms with Crippen LogP contribution in [0.15, 0.2) is 67.3 Å². The van der Waals surface area contributed by atoms with Crippen molar-refractivity contribution in [3.63, 3.8) is 0 Å². The van der Waals surface area contributed by atoms with Gasteiger partial charge in [0.15, 0.2) is 6.29 Å². The number of H-pyrrole nitrogens is 1. The molecular formula is C22H16N4O. The fourth-order valence-corrected chi connectivity index (χ4v) is 3.54. The zero-order valence-corrected chi connectivity index (χ0v) is 14.7. The highest BCUT2D eigenvalue weighted by Crippen LogP contribution is 2.32. The summed E-state index contributed by atoms with van der Waals surface area (Å²) in [5, 5.41) is 5.25. The Bertz CT molecular complexity index is 1310. The van der Waals surface area contributed by atoms with Gasteiger partial charge in [-0.2, -0.15) is 5.10 Å². The second-order valence-corrected chi connectivity index (χ2v) is 6.60. The van der Waals surface area contributed by atoms with Crippen molar-refractivity contribution in [3.8, 4) is 22.3 Å². The molecule has 27 heavy (non-hydrogen) atoms. The van der Waals surface area contributed by atoms with Gasteiger partial charge in [0.25, 0.3) is 0 Å². The average molecular weight is 352 g/mol. The largest absolute Gasteiger partial charge is 0.346 e. The van der Waals surface area contributed by atoms with Crippen LogP contribution in [0.4, 0.5) is 0 Å². The van der Waals surface area contributed by atoms with Gasteiger partial charge in [0.1, 0.15) is 5.65 Å². The van der Waals surface area contributed by atoms with Crippen LogP contribution < -0.4 is 0 Å². The summed E-state index contributed by atoms with van der Waals surface area (Å²) in [7, 11) is 0. The number of rotatable bonds is 3. The Hall–Kier alpha value is -3.73. The average Bonchev–Trinajstić information content (AvgIpc) is 3.31. The van der Waals surface area contributed by atoms with Crippen LogP contribution in [0.2, 0.25) is 0 Å². The van der Waals surface area contributed by atoms with Crippen LogP contribution >= 0.6 is 0 Å². The molecule has 0 saturated carbocycles. The fraction of sp³-hybridized carbons (Fsp3) is 0.0455. The van der Waals surface area contributed by atoms with Gasteiger partial charge in [-0.1, -0.05) is 24.3 Å². The van der Waals surface area contributed by atoms with Crippen molar-refractivity contribution in [3.05, 3.63) is 78.4 Å². The molecule has 4 aromatic heterocycles. The van der Waals surface area contributed by atoms with Crippen molar-refractivity contribution < 1.29 is 4.79 Å². The number of aromatic amines is 1. The molecule has 0 saturated heterocycles. The normalized spacial score (nSPS) is 11.3. The van der Waals surface area contributed by atoms with Crippen LogP contribution in [-0.2, 0) is 0 Å². The Labute approximate surface area is 155 Å². The Morgan fingerprint density at radius 1 is 1.04 bits per heavy atom. The number of fused-ring (bicyclic) bond motifs is 2. The van der Waals surface area contributed by atoms with E-state index in [4.69, 9.17) is 0 Å². The van der Waals surface area contributed by atoms with E-state index in [-0.39, 0.29) is 0 Å². The minimum absolute atomic E-state index is 0.579. The molecule has 0 aliphatic rings. The van der Waals surface area contributed by atoms with Gasteiger partial charge < -0.3 is 4.98 Å². The molecule has 0 spiro atoms. The number of aldehydes is 1. The van der Waals surface area contributed by atoms with E-state index in [2.05, 4.69) is 40.2 Å². The lowest BCUT2D eigenvalue weighted by Crippen LogP contribution is -1.88. The summed E-state index contributed by atoms with van der Waals surface area (Å²) in [4.78, 5) is 19.1. The van der Waals surface area contributed by atoms with Crippen LogP contribution in [0.1, 0.15) is 15.9 Å². The molecule has 0 fully saturated rings. The van der Waals surface area contributed by atoms with E-state index in [0.29, 0.717) is 5.56 Å². The lowest BCUT2D eigenvalue weighted by molar-refractivity contribution is 0.112. The number of benzene rings is 1. The Morgan fingerprint density at radius 2 is 1.93 bits per heavy atom. The van der Waals surface area contributed by atoms with E-state index < -0.39 is 0 Å². The van der Waals surface area contributed by atoms with Crippen molar-refractivity contribution in [2.24, 2.45) is 0 Å². The third-order valence-corrected chi connectivity index (χ3v) is 4.98. The monoisotopic (exact) mass is 352 g/mol. The number of hydrogen-bond acceptors (Lipinski definition) is 3. The maximum absolute atomic E-state index is 11.3. The first-order valence-electron chi connectivity index (χ1n) is 8.70. The third-order valence-electron chi connectivity index (χ3n) is 4.98. The van der Waals surface area contributed by atoms with Gasteiger partial charge in [-0.3, -0.25) is 4.79 Å². The summed E-state index contributed by atoms with van der Waals surface area (Å²) in [6.07, 6.45) is 8.14. The molecule has 0 aliphatic heterocycles. The number of aromatic nitrogens is 4. The number of aryl methyl sites for hydroxylation is 1. The Morgan fingerprint density at radius 3 is 2.78 bits per heavy atom. The van der Waals surface area contributed by atoms with Crippen molar-refractivity contribution >= 4 is 22.8 Å². The summed E-state index contributed by atoms with van der Waals surface area (Å²) in [6.45, 7) is 2.10. The molecule has 4 heterocycles. The van der Waals surface area contributed by atoms with Gasteiger partial charge in [-0.05, 0) is 41.8 Å². The van der Waals surface area contributed by atoms with Gasteiger partial charge in [0, 0.05) is 35.1 Å². The lowest BCUT2D eigenvalue weighted by atomic mass is 9.99. The zero-order chi connectivity index (χ0) is 18.4. The molecule has 5 nitrogen and oxygen atoms in total. The van der Waals surface area contributed by atoms with Gasteiger partial charge in [0.2, 0.25) is 0 Å². The van der Waals surface area contributed by atoms with Crippen molar-refractivity contribution in [1.82, 2.24) is 19.6 Å². The van der Waals surface area contributed by atoms with E-state index in [1.165, 1.54) is 11.1 Å². The topological polar surface area (TPSA) is 63.1 Å². The van der Waals surface area contributed by atoms with E-state index in [0.717, 1.165) is 39.5 Å². The smallest absolute Gasteiger partial charge is 0.153 e. The number of carbonyl (C=O) groups excluding carboxylic acids is 1.